The molecule has 0 fully saturated rings. The van der Waals surface area contributed by atoms with Gasteiger partial charge in [0.1, 0.15) is 5.75 Å². The summed E-state index contributed by atoms with van der Waals surface area (Å²) in [6.45, 7) is -1.37. The second-order valence-electron chi connectivity index (χ2n) is 5.39. The van der Waals surface area contributed by atoms with Crippen molar-refractivity contribution in [1.29, 1.82) is 0 Å². The monoisotopic (exact) mass is 395 g/mol. The number of carbonyl (C=O) groups excluding carboxylic acids is 1. The van der Waals surface area contributed by atoms with Gasteiger partial charge in [0.2, 0.25) is 5.78 Å². The molecule has 27 heavy (non-hydrogen) atoms. The molecule has 0 spiro atoms. The number of aromatic nitrogens is 1. The molecule has 0 amide bonds. The van der Waals surface area contributed by atoms with Crippen LogP contribution >= 0.6 is 11.3 Å². The fraction of sp³-hybridized carbons (Fsp3) is 0.111. The molecule has 0 aliphatic rings. The fourth-order valence-corrected chi connectivity index (χ4v) is 3.00. The third-order valence-electron chi connectivity index (χ3n) is 3.29. The molecule has 0 radical (unpaired) electrons. The van der Waals surface area contributed by atoms with Gasteiger partial charge in [-0.1, -0.05) is 12.1 Å². The van der Waals surface area contributed by atoms with Crippen molar-refractivity contribution < 1.29 is 27.1 Å². The van der Waals surface area contributed by atoms with E-state index >= 15 is 0 Å². The fourth-order valence-electron chi connectivity index (χ4n) is 2.11. The number of ether oxygens (including phenoxy) is 1. The van der Waals surface area contributed by atoms with Gasteiger partial charge in [0.15, 0.2) is 12.4 Å². The molecule has 9 heteroatoms. The van der Waals surface area contributed by atoms with Crippen molar-refractivity contribution in [3.8, 4) is 5.75 Å². The summed E-state index contributed by atoms with van der Waals surface area (Å²) in [6.07, 6.45) is -0.212. The molecule has 1 aromatic carbocycles. The van der Waals surface area contributed by atoms with Gasteiger partial charge in [0.25, 0.3) is 5.56 Å². The topological polar surface area (TPSA) is 72.3 Å². The highest BCUT2D eigenvalue weighted by molar-refractivity contribution is 7.07. The highest BCUT2D eigenvalue weighted by Crippen LogP contribution is 2.18. The van der Waals surface area contributed by atoms with E-state index in [0.29, 0.717) is 14.8 Å². The standard InChI is InChI=1S/C18H12F3NO4S/c19-18(20,21)10-26-12-5-3-11(4-6-12)8-15-17(24)22-16(27-15)9-13(23)14-2-1-7-25-14/h1-9H,10H2,(H,22,24)/b15-8+,16-9-. The average molecular weight is 395 g/mol. The third-order valence-corrected chi connectivity index (χ3v) is 4.25. The molecule has 0 aliphatic carbocycles. The zero-order valence-corrected chi connectivity index (χ0v) is 14.4. The Balaban J connectivity index is 1.80. The number of Topliss-reactive ketones (excluding diaryl/α,β-unsaturated/α-hetero) is 1. The maximum Gasteiger partial charge on any atom is 0.422 e. The van der Waals surface area contributed by atoms with Gasteiger partial charge in [-0.3, -0.25) is 9.59 Å². The van der Waals surface area contributed by atoms with Crippen LogP contribution in [0.2, 0.25) is 0 Å². The molecule has 0 atom stereocenters. The van der Waals surface area contributed by atoms with E-state index in [9.17, 15) is 22.8 Å². The smallest absolute Gasteiger partial charge is 0.422 e. The van der Waals surface area contributed by atoms with Crippen LogP contribution in [0.5, 0.6) is 5.75 Å². The first-order valence-electron chi connectivity index (χ1n) is 7.60. The molecular formula is C18H12F3NO4S. The van der Waals surface area contributed by atoms with Crippen LogP contribution in [0.15, 0.2) is 51.9 Å². The molecule has 0 aliphatic heterocycles. The number of aromatic amines is 1. The normalized spacial score (nSPS) is 13.1. The van der Waals surface area contributed by atoms with E-state index in [4.69, 9.17) is 4.42 Å². The lowest BCUT2D eigenvalue weighted by atomic mass is 10.2. The Hall–Kier alpha value is -3.07. The number of benzene rings is 1. The molecule has 2 aromatic heterocycles. The number of hydrogen-bond acceptors (Lipinski definition) is 5. The van der Waals surface area contributed by atoms with Gasteiger partial charge in [0.05, 0.1) is 15.5 Å². The van der Waals surface area contributed by atoms with Crippen molar-refractivity contribution in [2.75, 3.05) is 6.61 Å². The van der Waals surface area contributed by atoms with Crippen LogP contribution in [0.4, 0.5) is 13.2 Å². The quantitative estimate of drug-likeness (QED) is 0.674. The van der Waals surface area contributed by atoms with Crippen molar-refractivity contribution in [3.63, 3.8) is 0 Å². The van der Waals surface area contributed by atoms with Crippen LogP contribution in [-0.4, -0.2) is 23.6 Å². The molecular weight excluding hydrogens is 383 g/mol. The number of alkyl halides is 3. The van der Waals surface area contributed by atoms with E-state index in [-0.39, 0.29) is 22.9 Å². The third kappa shape index (κ3) is 5.20. The van der Waals surface area contributed by atoms with Crippen LogP contribution in [0.25, 0.3) is 12.2 Å². The van der Waals surface area contributed by atoms with E-state index in [1.54, 1.807) is 12.1 Å². The second-order valence-corrected chi connectivity index (χ2v) is 6.47. The van der Waals surface area contributed by atoms with Crippen molar-refractivity contribution in [3.05, 3.63) is 73.5 Å². The van der Waals surface area contributed by atoms with Gasteiger partial charge in [-0.25, -0.2) is 0 Å². The molecule has 1 N–H and O–H groups in total. The number of furan rings is 1. The summed E-state index contributed by atoms with van der Waals surface area (Å²) in [4.78, 5) is 26.5. The Morgan fingerprint density at radius 1 is 1.22 bits per heavy atom. The predicted octanol–water partition coefficient (Wildman–Crippen LogP) is 2.46. The molecule has 0 bridgehead atoms. The zero-order chi connectivity index (χ0) is 19.4. The minimum atomic E-state index is -4.41. The first kappa shape index (κ1) is 18.7. The Morgan fingerprint density at radius 3 is 2.59 bits per heavy atom. The lowest BCUT2D eigenvalue weighted by molar-refractivity contribution is -0.153. The summed E-state index contributed by atoms with van der Waals surface area (Å²) in [7, 11) is 0. The van der Waals surface area contributed by atoms with Gasteiger partial charge < -0.3 is 14.1 Å². The number of nitrogens with one attached hydrogen (secondary N) is 1. The van der Waals surface area contributed by atoms with Gasteiger partial charge in [-0.05, 0) is 35.9 Å². The molecule has 2 heterocycles. The Kier molecular flexibility index (Phi) is 5.31. The van der Waals surface area contributed by atoms with Gasteiger partial charge in [-0.15, -0.1) is 11.3 Å². The van der Waals surface area contributed by atoms with E-state index in [1.165, 1.54) is 42.7 Å². The van der Waals surface area contributed by atoms with E-state index in [2.05, 4.69) is 9.72 Å². The maximum atomic E-state index is 12.1. The number of carbonyl (C=O) groups is 1. The highest BCUT2D eigenvalue weighted by Gasteiger charge is 2.28. The van der Waals surface area contributed by atoms with E-state index in [1.807, 2.05) is 0 Å². The van der Waals surface area contributed by atoms with Crippen molar-refractivity contribution in [2.45, 2.75) is 6.18 Å². The molecule has 3 rings (SSSR count). The summed E-state index contributed by atoms with van der Waals surface area (Å²) in [5.41, 5.74) is 0.224. The van der Waals surface area contributed by atoms with E-state index < -0.39 is 12.8 Å². The number of thiazole rings is 1. The molecule has 5 nitrogen and oxygen atoms in total. The summed E-state index contributed by atoms with van der Waals surface area (Å²) in [5, 5.41) is 0. The summed E-state index contributed by atoms with van der Waals surface area (Å²) < 4.78 is 46.7. The predicted molar refractivity (Wildman–Crippen MR) is 93.3 cm³/mol. The lowest BCUT2D eigenvalue weighted by Gasteiger charge is -2.08. The van der Waals surface area contributed by atoms with Gasteiger partial charge in [0, 0.05) is 6.08 Å². The number of hydrogen-bond donors (Lipinski definition) is 1. The van der Waals surface area contributed by atoms with Crippen molar-refractivity contribution in [1.82, 2.24) is 4.98 Å². The molecule has 140 valence electrons. The van der Waals surface area contributed by atoms with E-state index in [0.717, 1.165) is 11.3 Å². The van der Waals surface area contributed by atoms with Crippen molar-refractivity contribution in [2.24, 2.45) is 0 Å². The number of halogens is 3. The van der Waals surface area contributed by atoms with Crippen LogP contribution in [0, 0.1) is 0 Å². The molecule has 0 saturated heterocycles. The Labute approximate surface area is 154 Å². The van der Waals surface area contributed by atoms with Crippen molar-refractivity contribution >= 4 is 29.3 Å². The SMILES string of the molecule is O=C(/C=c1/[nH]c(=O)/c(=C\c2ccc(OCC(F)(F)F)cc2)s1)c1ccco1. The lowest BCUT2D eigenvalue weighted by Crippen LogP contribution is -2.20. The van der Waals surface area contributed by atoms with Crippen LogP contribution in [-0.2, 0) is 0 Å². The van der Waals surface area contributed by atoms with Crippen LogP contribution in [0.1, 0.15) is 16.1 Å². The zero-order valence-electron chi connectivity index (χ0n) is 13.6. The second kappa shape index (κ2) is 7.67. The first-order chi connectivity index (χ1) is 12.8. The minimum Gasteiger partial charge on any atom is -0.484 e. The summed E-state index contributed by atoms with van der Waals surface area (Å²) in [5.74, 6) is -0.151. The molecule has 0 saturated carbocycles. The minimum absolute atomic E-state index is 0.0719. The Bertz CT molecular complexity index is 1090. The average Bonchev–Trinajstić information content (AvgIpc) is 3.24. The number of H-pyrrole nitrogens is 1. The summed E-state index contributed by atoms with van der Waals surface area (Å²) >= 11 is 1.08. The van der Waals surface area contributed by atoms with Crippen LogP contribution in [0.3, 0.4) is 0 Å². The molecule has 0 unspecified atom stereocenters. The largest absolute Gasteiger partial charge is 0.484 e. The maximum absolute atomic E-state index is 12.1. The molecule has 3 aromatic rings. The first-order valence-corrected chi connectivity index (χ1v) is 8.42. The van der Waals surface area contributed by atoms with Gasteiger partial charge in [-0.2, -0.15) is 13.2 Å². The summed E-state index contributed by atoms with van der Waals surface area (Å²) in [6, 6.07) is 8.92. The number of rotatable bonds is 5. The van der Waals surface area contributed by atoms with Gasteiger partial charge >= 0.3 is 6.18 Å². The van der Waals surface area contributed by atoms with Crippen LogP contribution < -0.4 is 19.5 Å². The Morgan fingerprint density at radius 2 is 1.96 bits per heavy atom. The number of ketones is 1. The highest BCUT2D eigenvalue weighted by atomic mass is 32.1.